The fraction of sp³-hybridized carbons (Fsp3) is 0.273. The van der Waals surface area contributed by atoms with Crippen LogP contribution in [0.5, 0.6) is 0 Å². The lowest BCUT2D eigenvalue weighted by Gasteiger charge is -2.15. The summed E-state index contributed by atoms with van der Waals surface area (Å²) in [6.07, 6.45) is 0.0683. The zero-order valence-corrected chi connectivity index (χ0v) is 17.5. The number of aryl methyl sites for hydroxylation is 1. The number of rotatable bonds is 7. The van der Waals surface area contributed by atoms with Crippen molar-refractivity contribution < 1.29 is 23.9 Å². The second-order valence-corrected chi connectivity index (χ2v) is 7.94. The molecule has 2 aromatic rings. The molecule has 30 heavy (non-hydrogen) atoms. The third-order valence-corrected chi connectivity index (χ3v) is 5.69. The lowest BCUT2D eigenvalue weighted by Crippen LogP contribution is -2.31. The molecule has 156 valence electrons. The van der Waals surface area contributed by atoms with Crippen LogP contribution in [0.1, 0.15) is 29.3 Å². The summed E-state index contributed by atoms with van der Waals surface area (Å²) >= 11 is 1.14. The molecule has 0 spiro atoms. The summed E-state index contributed by atoms with van der Waals surface area (Å²) in [4.78, 5) is 50.0. The quantitative estimate of drug-likeness (QED) is 0.540. The van der Waals surface area contributed by atoms with Gasteiger partial charge in [0.15, 0.2) is 0 Å². The summed E-state index contributed by atoms with van der Waals surface area (Å²) in [6, 6.07) is 13.5. The minimum absolute atomic E-state index is 0.0328. The molecule has 1 heterocycles. The molecule has 1 saturated heterocycles. The lowest BCUT2D eigenvalue weighted by atomic mass is 10.2. The van der Waals surface area contributed by atoms with Crippen molar-refractivity contribution >= 4 is 46.8 Å². The third kappa shape index (κ3) is 5.07. The molecule has 0 aliphatic carbocycles. The van der Waals surface area contributed by atoms with Gasteiger partial charge in [-0.2, -0.15) is 0 Å². The lowest BCUT2D eigenvalue weighted by molar-refractivity contribution is -0.121. The summed E-state index contributed by atoms with van der Waals surface area (Å²) in [5.41, 5.74) is 2.51. The molecule has 2 aromatic carbocycles. The Labute approximate surface area is 178 Å². The molecule has 1 aliphatic heterocycles. The number of imide groups is 1. The van der Waals surface area contributed by atoms with Crippen LogP contribution in [0.25, 0.3) is 0 Å². The van der Waals surface area contributed by atoms with Gasteiger partial charge in [0.2, 0.25) is 17.7 Å². The van der Waals surface area contributed by atoms with Gasteiger partial charge in [-0.3, -0.25) is 14.4 Å². The smallest absolute Gasteiger partial charge is 0.338 e. The maximum atomic E-state index is 12.6. The minimum atomic E-state index is -0.587. The maximum Gasteiger partial charge on any atom is 0.338 e. The molecule has 0 unspecified atom stereocenters. The fourth-order valence-electron chi connectivity index (χ4n) is 2.98. The standard InChI is InChI=1S/C22H22N2O5S/c1-3-29-22(28)15-6-8-16(9-7-15)23-19(25)13-30-18-12-20(26)24(21(18)27)17-10-4-14(2)5-11-17/h4-11,18H,3,12-13H2,1-2H3,(H,23,25)/t18-/m1/s1. The predicted molar refractivity (Wildman–Crippen MR) is 116 cm³/mol. The first kappa shape index (κ1) is 21.6. The summed E-state index contributed by atoms with van der Waals surface area (Å²) < 4.78 is 4.92. The van der Waals surface area contributed by atoms with E-state index in [1.165, 1.54) is 4.90 Å². The van der Waals surface area contributed by atoms with E-state index in [4.69, 9.17) is 4.74 Å². The third-order valence-electron chi connectivity index (χ3n) is 4.49. The second-order valence-electron chi connectivity index (χ2n) is 6.75. The number of thioether (sulfide) groups is 1. The molecule has 1 aliphatic rings. The molecule has 8 heteroatoms. The van der Waals surface area contributed by atoms with Crippen LogP contribution < -0.4 is 10.2 Å². The van der Waals surface area contributed by atoms with E-state index >= 15 is 0 Å². The largest absolute Gasteiger partial charge is 0.462 e. The van der Waals surface area contributed by atoms with Crippen LogP contribution in [-0.2, 0) is 19.1 Å². The van der Waals surface area contributed by atoms with Crippen molar-refractivity contribution in [3.05, 3.63) is 59.7 Å². The summed E-state index contributed by atoms with van der Waals surface area (Å²) in [6.45, 7) is 3.95. The van der Waals surface area contributed by atoms with Crippen LogP contribution in [0.2, 0.25) is 0 Å². The number of hydrogen-bond acceptors (Lipinski definition) is 6. The van der Waals surface area contributed by atoms with Gasteiger partial charge in [0.05, 0.1) is 28.9 Å². The first-order valence-corrected chi connectivity index (χ1v) is 10.6. The van der Waals surface area contributed by atoms with Crippen molar-refractivity contribution in [2.45, 2.75) is 25.5 Å². The number of ether oxygens (including phenoxy) is 1. The molecule has 0 radical (unpaired) electrons. The maximum absolute atomic E-state index is 12.6. The first-order valence-electron chi connectivity index (χ1n) is 9.51. The van der Waals surface area contributed by atoms with Gasteiger partial charge in [-0.1, -0.05) is 17.7 Å². The van der Waals surface area contributed by atoms with Gasteiger partial charge in [-0.15, -0.1) is 11.8 Å². The van der Waals surface area contributed by atoms with Gasteiger partial charge < -0.3 is 10.1 Å². The molecular weight excluding hydrogens is 404 g/mol. The number of hydrogen-bond donors (Lipinski definition) is 1. The van der Waals surface area contributed by atoms with Gasteiger partial charge in [-0.25, -0.2) is 9.69 Å². The molecule has 1 fully saturated rings. The van der Waals surface area contributed by atoms with Gasteiger partial charge in [0.1, 0.15) is 0 Å². The van der Waals surface area contributed by atoms with Crippen LogP contribution in [0.3, 0.4) is 0 Å². The second kappa shape index (κ2) is 9.58. The minimum Gasteiger partial charge on any atom is -0.462 e. The number of amides is 3. The molecule has 0 aromatic heterocycles. The molecule has 3 rings (SSSR count). The summed E-state index contributed by atoms with van der Waals surface area (Å²) in [7, 11) is 0. The summed E-state index contributed by atoms with van der Waals surface area (Å²) in [5.74, 6) is -1.26. The van der Waals surface area contributed by atoms with Crippen molar-refractivity contribution in [2.75, 3.05) is 22.6 Å². The molecule has 7 nitrogen and oxygen atoms in total. The highest BCUT2D eigenvalue weighted by atomic mass is 32.2. The topological polar surface area (TPSA) is 92.8 Å². The number of carbonyl (C=O) groups excluding carboxylic acids is 4. The zero-order valence-electron chi connectivity index (χ0n) is 16.7. The first-order chi connectivity index (χ1) is 14.4. The number of nitrogens with zero attached hydrogens (tertiary/aromatic N) is 1. The summed E-state index contributed by atoms with van der Waals surface area (Å²) in [5, 5.41) is 2.13. The Morgan fingerprint density at radius 3 is 2.40 bits per heavy atom. The Morgan fingerprint density at radius 1 is 1.10 bits per heavy atom. The van der Waals surface area contributed by atoms with Gasteiger partial charge in [0, 0.05) is 12.1 Å². The van der Waals surface area contributed by atoms with Crippen molar-refractivity contribution in [3.63, 3.8) is 0 Å². The van der Waals surface area contributed by atoms with E-state index < -0.39 is 11.2 Å². The fourth-order valence-corrected chi connectivity index (χ4v) is 3.91. The van der Waals surface area contributed by atoms with Crippen molar-refractivity contribution in [1.82, 2.24) is 0 Å². The van der Waals surface area contributed by atoms with E-state index in [0.29, 0.717) is 16.9 Å². The zero-order chi connectivity index (χ0) is 21.7. The predicted octanol–water partition coefficient (Wildman–Crippen LogP) is 3.18. The molecule has 0 bridgehead atoms. The average Bonchev–Trinajstić information content (AvgIpc) is 3.01. The molecule has 1 atom stereocenters. The van der Waals surface area contributed by atoms with E-state index in [2.05, 4.69) is 5.32 Å². The van der Waals surface area contributed by atoms with Crippen LogP contribution in [-0.4, -0.2) is 41.3 Å². The Bertz CT molecular complexity index is 956. The number of anilines is 2. The van der Waals surface area contributed by atoms with E-state index in [1.807, 2.05) is 19.1 Å². The highest BCUT2D eigenvalue weighted by Crippen LogP contribution is 2.29. The number of esters is 1. The van der Waals surface area contributed by atoms with Crippen LogP contribution in [0.4, 0.5) is 11.4 Å². The SMILES string of the molecule is CCOC(=O)c1ccc(NC(=O)CS[C@@H]2CC(=O)N(c3ccc(C)cc3)C2=O)cc1. The van der Waals surface area contributed by atoms with Crippen LogP contribution >= 0.6 is 11.8 Å². The number of carbonyl (C=O) groups is 4. The normalized spacial score (nSPS) is 15.9. The van der Waals surface area contributed by atoms with E-state index in [9.17, 15) is 19.2 Å². The van der Waals surface area contributed by atoms with E-state index in [1.54, 1.807) is 43.3 Å². The monoisotopic (exact) mass is 426 g/mol. The molecular formula is C22H22N2O5S. The van der Waals surface area contributed by atoms with E-state index in [0.717, 1.165) is 17.3 Å². The molecule has 1 N–H and O–H groups in total. The number of benzene rings is 2. The Kier molecular flexibility index (Phi) is 6.89. The highest BCUT2D eigenvalue weighted by molar-refractivity contribution is 8.01. The van der Waals surface area contributed by atoms with Gasteiger partial charge in [-0.05, 0) is 50.2 Å². The molecule has 0 saturated carbocycles. The van der Waals surface area contributed by atoms with Gasteiger partial charge in [0.25, 0.3) is 0 Å². The van der Waals surface area contributed by atoms with Gasteiger partial charge >= 0.3 is 5.97 Å². The van der Waals surface area contributed by atoms with Crippen LogP contribution in [0.15, 0.2) is 48.5 Å². The number of nitrogens with one attached hydrogen (secondary N) is 1. The Hall–Kier alpha value is -3.13. The average molecular weight is 426 g/mol. The Morgan fingerprint density at radius 2 is 1.77 bits per heavy atom. The highest BCUT2D eigenvalue weighted by Gasteiger charge is 2.40. The molecule has 3 amide bonds. The van der Waals surface area contributed by atoms with Crippen molar-refractivity contribution in [1.29, 1.82) is 0 Å². The van der Waals surface area contributed by atoms with E-state index in [-0.39, 0.29) is 36.5 Å². The van der Waals surface area contributed by atoms with Crippen molar-refractivity contribution in [3.8, 4) is 0 Å². The Balaban J connectivity index is 1.53. The van der Waals surface area contributed by atoms with Crippen LogP contribution in [0, 0.1) is 6.92 Å². The van der Waals surface area contributed by atoms with Crippen molar-refractivity contribution in [2.24, 2.45) is 0 Å².